The van der Waals surface area contributed by atoms with Gasteiger partial charge in [0.1, 0.15) is 10.8 Å². The predicted octanol–water partition coefficient (Wildman–Crippen LogP) is 3.04. The first-order valence-electron chi connectivity index (χ1n) is 10.7. The molecule has 1 atom stereocenters. The van der Waals surface area contributed by atoms with Crippen molar-refractivity contribution in [2.45, 2.75) is 45.1 Å². The van der Waals surface area contributed by atoms with E-state index < -0.39 is 17.4 Å². The Labute approximate surface area is 190 Å². The van der Waals surface area contributed by atoms with Crippen molar-refractivity contribution in [3.63, 3.8) is 0 Å². The van der Waals surface area contributed by atoms with Gasteiger partial charge in [-0.05, 0) is 62.8 Å². The zero-order chi connectivity index (χ0) is 22.9. The highest BCUT2D eigenvalue weighted by atomic mass is 32.1. The fraction of sp³-hybridized carbons (Fsp3) is 0.435. The summed E-state index contributed by atoms with van der Waals surface area (Å²) in [6.07, 6.45) is 3.70. The van der Waals surface area contributed by atoms with Gasteiger partial charge in [0.15, 0.2) is 0 Å². The highest BCUT2D eigenvalue weighted by Gasteiger charge is 2.48. The van der Waals surface area contributed by atoms with Gasteiger partial charge >= 0.3 is 0 Å². The Balaban J connectivity index is 1.61. The molecule has 2 heterocycles. The summed E-state index contributed by atoms with van der Waals surface area (Å²) in [6, 6.07) is 5.37. The number of fused-ring (bicyclic) bond motifs is 2. The zero-order valence-corrected chi connectivity index (χ0v) is 19.2. The second-order valence-electron chi connectivity index (χ2n) is 8.21. The van der Waals surface area contributed by atoms with E-state index in [1.165, 1.54) is 18.3 Å². The van der Waals surface area contributed by atoms with Crippen LogP contribution < -0.4 is 20.7 Å². The maximum atomic E-state index is 13.3. The van der Waals surface area contributed by atoms with Crippen LogP contribution in [0.1, 0.15) is 46.1 Å². The molecular weight excluding hydrogens is 430 g/mol. The minimum absolute atomic E-state index is 0.253. The molecule has 0 saturated carbocycles. The molecule has 2 aliphatic rings. The minimum atomic E-state index is -1.77. The number of thiophene rings is 1. The smallest absolute Gasteiger partial charge is 0.278 e. The first kappa shape index (κ1) is 22.3. The third-order valence-electron chi connectivity index (χ3n) is 5.78. The number of amides is 3. The molecule has 3 N–H and O–H groups in total. The SMILES string of the molecule is COCCNC(=O)c1c(NC(=O)C2(C)Oc3ccc(C)cc3NC2=O)sc2c1CCCC2. The zero-order valence-electron chi connectivity index (χ0n) is 18.4. The summed E-state index contributed by atoms with van der Waals surface area (Å²) in [7, 11) is 1.57. The number of nitrogens with one attached hydrogen (secondary N) is 3. The number of carbonyl (C=O) groups is 3. The van der Waals surface area contributed by atoms with E-state index in [0.717, 1.165) is 41.7 Å². The standard InChI is InChI=1S/C23H27N3O5S/c1-13-8-9-16-15(12-13)25-21(28)23(2,31-16)22(29)26-20-18(19(27)24-10-11-30-3)14-6-4-5-7-17(14)32-20/h8-9,12H,4-7,10-11H2,1-3H3,(H,24,27)(H,25,28)(H,26,29). The Kier molecular flexibility index (Phi) is 6.21. The van der Waals surface area contributed by atoms with Crippen LogP contribution in [0.5, 0.6) is 5.75 Å². The molecule has 8 nitrogen and oxygen atoms in total. The number of ether oxygens (including phenoxy) is 2. The largest absolute Gasteiger partial charge is 0.466 e. The fourth-order valence-corrected chi connectivity index (χ4v) is 5.24. The lowest BCUT2D eigenvalue weighted by molar-refractivity contribution is -0.143. The van der Waals surface area contributed by atoms with Gasteiger partial charge in [0.2, 0.25) is 0 Å². The van der Waals surface area contributed by atoms with Gasteiger partial charge in [-0.15, -0.1) is 11.3 Å². The summed E-state index contributed by atoms with van der Waals surface area (Å²) >= 11 is 1.40. The van der Waals surface area contributed by atoms with Gasteiger partial charge in [0.05, 0.1) is 17.9 Å². The van der Waals surface area contributed by atoms with Crippen molar-refractivity contribution in [1.82, 2.24) is 5.32 Å². The molecule has 9 heteroatoms. The van der Waals surface area contributed by atoms with E-state index in [1.807, 2.05) is 13.0 Å². The van der Waals surface area contributed by atoms with Gasteiger partial charge in [-0.3, -0.25) is 14.4 Å². The van der Waals surface area contributed by atoms with Crippen molar-refractivity contribution in [3.8, 4) is 5.75 Å². The Morgan fingerprint density at radius 2 is 2.06 bits per heavy atom. The highest BCUT2D eigenvalue weighted by Crippen LogP contribution is 2.40. The van der Waals surface area contributed by atoms with Crippen molar-refractivity contribution in [3.05, 3.63) is 39.8 Å². The second kappa shape index (κ2) is 8.91. The molecular formula is C23H27N3O5S. The lowest BCUT2D eigenvalue weighted by atomic mass is 9.95. The van der Waals surface area contributed by atoms with Crippen molar-refractivity contribution in [2.75, 3.05) is 30.9 Å². The molecule has 2 aromatic rings. The summed E-state index contributed by atoms with van der Waals surface area (Å²) in [4.78, 5) is 40.2. The topological polar surface area (TPSA) is 106 Å². The van der Waals surface area contributed by atoms with E-state index in [0.29, 0.717) is 35.2 Å². The van der Waals surface area contributed by atoms with Crippen LogP contribution in [0.4, 0.5) is 10.7 Å². The van der Waals surface area contributed by atoms with Crippen LogP contribution in [0.2, 0.25) is 0 Å². The first-order valence-corrected chi connectivity index (χ1v) is 11.5. The Bertz CT molecular complexity index is 1080. The average Bonchev–Trinajstić information content (AvgIpc) is 3.12. The molecule has 1 aliphatic carbocycles. The molecule has 0 spiro atoms. The molecule has 0 saturated heterocycles. The molecule has 0 radical (unpaired) electrons. The normalized spacial score (nSPS) is 19.3. The first-order chi connectivity index (χ1) is 15.3. The minimum Gasteiger partial charge on any atom is -0.466 e. The van der Waals surface area contributed by atoms with E-state index in [2.05, 4.69) is 16.0 Å². The van der Waals surface area contributed by atoms with Crippen LogP contribution in [-0.4, -0.2) is 43.6 Å². The maximum Gasteiger partial charge on any atom is 0.278 e. The third-order valence-corrected chi connectivity index (χ3v) is 6.99. The number of hydrogen-bond acceptors (Lipinski definition) is 6. The van der Waals surface area contributed by atoms with Gasteiger partial charge in [-0.1, -0.05) is 6.07 Å². The van der Waals surface area contributed by atoms with Crippen molar-refractivity contribution >= 4 is 39.7 Å². The second-order valence-corrected chi connectivity index (χ2v) is 9.31. The van der Waals surface area contributed by atoms with Crippen molar-refractivity contribution in [1.29, 1.82) is 0 Å². The van der Waals surface area contributed by atoms with Crippen LogP contribution in [0.25, 0.3) is 0 Å². The number of aryl methyl sites for hydroxylation is 2. The van der Waals surface area contributed by atoms with Crippen LogP contribution in [0, 0.1) is 6.92 Å². The number of rotatable bonds is 6. The monoisotopic (exact) mass is 457 g/mol. The molecule has 1 aliphatic heterocycles. The van der Waals surface area contributed by atoms with E-state index >= 15 is 0 Å². The van der Waals surface area contributed by atoms with Gasteiger partial charge in [-0.25, -0.2) is 0 Å². The summed E-state index contributed by atoms with van der Waals surface area (Å²) < 4.78 is 10.9. The van der Waals surface area contributed by atoms with Gasteiger partial charge in [0.25, 0.3) is 23.3 Å². The Hall–Kier alpha value is -2.91. The van der Waals surface area contributed by atoms with E-state index in [-0.39, 0.29) is 5.91 Å². The van der Waals surface area contributed by atoms with Gasteiger partial charge < -0.3 is 25.4 Å². The van der Waals surface area contributed by atoms with Crippen LogP contribution >= 0.6 is 11.3 Å². The molecule has 4 rings (SSSR count). The van der Waals surface area contributed by atoms with Gasteiger partial charge in [0, 0.05) is 18.5 Å². The van der Waals surface area contributed by atoms with Crippen LogP contribution in [0.15, 0.2) is 18.2 Å². The molecule has 1 aromatic carbocycles. The van der Waals surface area contributed by atoms with Crippen molar-refractivity contribution < 1.29 is 23.9 Å². The average molecular weight is 458 g/mol. The number of anilines is 2. The highest BCUT2D eigenvalue weighted by molar-refractivity contribution is 7.17. The molecule has 3 amide bonds. The van der Waals surface area contributed by atoms with E-state index in [1.54, 1.807) is 19.2 Å². The Morgan fingerprint density at radius 3 is 2.84 bits per heavy atom. The maximum absolute atomic E-state index is 13.3. The predicted molar refractivity (Wildman–Crippen MR) is 123 cm³/mol. The fourth-order valence-electron chi connectivity index (χ4n) is 3.96. The quantitative estimate of drug-likeness (QED) is 0.457. The lowest BCUT2D eigenvalue weighted by Gasteiger charge is -2.33. The van der Waals surface area contributed by atoms with Crippen LogP contribution in [0.3, 0.4) is 0 Å². The van der Waals surface area contributed by atoms with E-state index in [9.17, 15) is 14.4 Å². The molecule has 0 bridgehead atoms. The molecule has 0 fully saturated rings. The molecule has 1 unspecified atom stereocenters. The molecule has 170 valence electrons. The lowest BCUT2D eigenvalue weighted by Crippen LogP contribution is -2.56. The number of methoxy groups -OCH3 is 1. The van der Waals surface area contributed by atoms with Crippen molar-refractivity contribution in [2.24, 2.45) is 0 Å². The third kappa shape index (κ3) is 4.10. The van der Waals surface area contributed by atoms with Gasteiger partial charge in [-0.2, -0.15) is 0 Å². The van der Waals surface area contributed by atoms with E-state index in [4.69, 9.17) is 9.47 Å². The summed E-state index contributed by atoms with van der Waals surface area (Å²) in [6.45, 7) is 4.11. The summed E-state index contributed by atoms with van der Waals surface area (Å²) in [5.41, 5.74) is 1.19. The Morgan fingerprint density at radius 1 is 1.28 bits per heavy atom. The summed E-state index contributed by atoms with van der Waals surface area (Å²) in [5, 5.41) is 8.88. The number of benzene rings is 1. The summed E-state index contributed by atoms with van der Waals surface area (Å²) in [5.74, 6) is -1.00. The number of hydrogen-bond donors (Lipinski definition) is 3. The number of carbonyl (C=O) groups excluding carboxylic acids is 3. The molecule has 32 heavy (non-hydrogen) atoms. The molecule has 1 aromatic heterocycles. The van der Waals surface area contributed by atoms with Crippen LogP contribution in [-0.2, 0) is 27.2 Å².